The SMILES string of the molecule is CC1CN(C(=O)CC(c2ccc3c(c2)OCO3)c2cccs2)CC(C)O1. The van der Waals surface area contributed by atoms with E-state index in [9.17, 15) is 4.79 Å². The maximum atomic E-state index is 13.0. The van der Waals surface area contributed by atoms with Crippen molar-refractivity contribution in [2.45, 2.75) is 38.4 Å². The minimum atomic E-state index is 0.0189. The van der Waals surface area contributed by atoms with E-state index in [2.05, 4.69) is 11.4 Å². The maximum Gasteiger partial charge on any atom is 0.231 e. The fraction of sp³-hybridized carbons (Fsp3) is 0.450. The summed E-state index contributed by atoms with van der Waals surface area (Å²) in [5.41, 5.74) is 1.08. The molecule has 138 valence electrons. The zero-order valence-electron chi connectivity index (χ0n) is 15.0. The summed E-state index contributed by atoms with van der Waals surface area (Å²) >= 11 is 1.68. The van der Waals surface area contributed by atoms with Crippen molar-refractivity contribution in [1.29, 1.82) is 0 Å². The van der Waals surface area contributed by atoms with Crippen LogP contribution in [0.15, 0.2) is 35.7 Å². The molecule has 0 spiro atoms. The molecule has 0 aliphatic carbocycles. The van der Waals surface area contributed by atoms with Gasteiger partial charge in [0.2, 0.25) is 12.7 Å². The first kappa shape index (κ1) is 17.4. The molecule has 0 radical (unpaired) electrons. The lowest BCUT2D eigenvalue weighted by atomic mass is 9.93. The average Bonchev–Trinajstić information content (AvgIpc) is 3.29. The Bertz CT molecular complexity index is 766. The van der Waals surface area contributed by atoms with Gasteiger partial charge in [-0.2, -0.15) is 0 Å². The third-order valence-corrected chi connectivity index (χ3v) is 5.82. The van der Waals surface area contributed by atoms with Crippen molar-refractivity contribution >= 4 is 17.2 Å². The molecule has 0 saturated carbocycles. The van der Waals surface area contributed by atoms with E-state index in [0.717, 1.165) is 17.1 Å². The Morgan fingerprint density at radius 3 is 2.69 bits per heavy atom. The zero-order chi connectivity index (χ0) is 18.1. The van der Waals surface area contributed by atoms with Crippen molar-refractivity contribution in [3.8, 4) is 11.5 Å². The molecule has 0 N–H and O–H groups in total. The van der Waals surface area contributed by atoms with E-state index >= 15 is 0 Å². The third-order valence-electron chi connectivity index (χ3n) is 4.84. The lowest BCUT2D eigenvalue weighted by Crippen LogP contribution is -2.48. The monoisotopic (exact) mass is 373 g/mol. The van der Waals surface area contributed by atoms with E-state index in [1.807, 2.05) is 43.0 Å². The quantitative estimate of drug-likeness (QED) is 0.821. The van der Waals surface area contributed by atoms with Gasteiger partial charge in [0.25, 0.3) is 0 Å². The molecule has 6 heteroatoms. The van der Waals surface area contributed by atoms with E-state index in [1.54, 1.807) is 11.3 Å². The number of fused-ring (bicyclic) bond motifs is 1. The van der Waals surface area contributed by atoms with Crippen LogP contribution in [-0.2, 0) is 9.53 Å². The molecule has 4 rings (SSSR count). The third kappa shape index (κ3) is 3.57. The molecule has 5 nitrogen and oxygen atoms in total. The number of hydrogen-bond acceptors (Lipinski definition) is 5. The van der Waals surface area contributed by atoms with Gasteiger partial charge < -0.3 is 19.1 Å². The van der Waals surface area contributed by atoms with E-state index < -0.39 is 0 Å². The maximum absolute atomic E-state index is 13.0. The Morgan fingerprint density at radius 1 is 1.19 bits per heavy atom. The summed E-state index contributed by atoms with van der Waals surface area (Å²) in [5, 5.41) is 2.05. The van der Waals surface area contributed by atoms with Crippen LogP contribution in [0.25, 0.3) is 0 Å². The van der Waals surface area contributed by atoms with Crippen molar-refractivity contribution in [1.82, 2.24) is 4.90 Å². The summed E-state index contributed by atoms with van der Waals surface area (Å²) in [7, 11) is 0. The fourth-order valence-electron chi connectivity index (χ4n) is 3.69. The Morgan fingerprint density at radius 2 is 1.96 bits per heavy atom. The molecule has 1 amide bonds. The number of thiophene rings is 1. The molecule has 3 unspecified atom stereocenters. The smallest absolute Gasteiger partial charge is 0.231 e. The number of carbonyl (C=O) groups is 1. The van der Waals surface area contributed by atoms with Crippen LogP contribution in [0.1, 0.15) is 36.6 Å². The summed E-state index contributed by atoms with van der Waals surface area (Å²) in [6, 6.07) is 10.1. The van der Waals surface area contributed by atoms with Crippen molar-refractivity contribution in [2.24, 2.45) is 0 Å². The lowest BCUT2D eigenvalue weighted by Gasteiger charge is -2.36. The van der Waals surface area contributed by atoms with Crippen LogP contribution in [0.2, 0.25) is 0 Å². The first-order chi connectivity index (χ1) is 12.6. The van der Waals surface area contributed by atoms with Gasteiger partial charge in [-0.1, -0.05) is 12.1 Å². The molecule has 1 saturated heterocycles. The number of benzene rings is 1. The van der Waals surface area contributed by atoms with E-state index in [0.29, 0.717) is 19.5 Å². The molecule has 1 aromatic heterocycles. The van der Waals surface area contributed by atoms with E-state index in [4.69, 9.17) is 14.2 Å². The molecule has 1 fully saturated rings. The number of rotatable bonds is 4. The van der Waals surface area contributed by atoms with Gasteiger partial charge in [0.15, 0.2) is 11.5 Å². The predicted octanol–water partition coefficient (Wildman–Crippen LogP) is 3.63. The summed E-state index contributed by atoms with van der Waals surface area (Å²) in [4.78, 5) is 16.1. The molecule has 1 aromatic carbocycles. The fourth-order valence-corrected chi connectivity index (χ4v) is 4.54. The highest BCUT2D eigenvalue weighted by Crippen LogP contribution is 2.39. The highest BCUT2D eigenvalue weighted by atomic mass is 32.1. The van der Waals surface area contributed by atoms with Gasteiger partial charge in [-0.15, -0.1) is 11.3 Å². The summed E-state index contributed by atoms with van der Waals surface area (Å²) in [6.07, 6.45) is 0.599. The van der Waals surface area contributed by atoms with Crippen LogP contribution < -0.4 is 9.47 Å². The summed E-state index contributed by atoms with van der Waals surface area (Å²) in [5.74, 6) is 1.71. The number of morpholine rings is 1. The Kier molecular flexibility index (Phi) is 4.87. The van der Waals surface area contributed by atoms with Gasteiger partial charge in [0, 0.05) is 30.3 Å². The van der Waals surface area contributed by atoms with Gasteiger partial charge in [-0.3, -0.25) is 4.79 Å². The molecule has 3 heterocycles. The van der Waals surface area contributed by atoms with Gasteiger partial charge in [-0.05, 0) is 43.0 Å². The second-order valence-electron chi connectivity index (χ2n) is 6.94. The first-order valence-corrected chi connectivity index (χ1v) is 9.84. The van der Waals surface area contributed by atoms with Gasteiger partial charge in [-0.25, -0.2) is 0 Å². The Hall–Kier alpha value is -2.05. The largest absolute Gasteiger partial charge is 0.454 e. The minimum absolute atomic E-state index is 0.0189. The number of hydrogen-bond donors (Lipinski definition) is 0. The second kappa shape index (κ2) is 7.29. The van der Waals surface area contributed by atoms with Gasteiger partial charge in [0.1, 0.15) is 0 Å². The zero-order valence-corrected chi connectivity index (χ0v) is 15.8. The molecule has 3 atom stereocenters. The van der Waals surface area contributed by atoms with Crippen molar-refractivity contribution in [3.05, 3.63) is 46.2 Å². The van der Waals surface area contributed by atoms with Crippen LogP contribution in [-0.4, -0.2) is 42.9 Å². The highest BCUT2D eigenvalue weighted by Gasteiger charge is 2.29. The van der Waals surface area contributed by atoms with Crippen LogP contribution in [0.3, 0.4) is 0 Å². The van der Waals surface area contributed by atoms with Crippen molar-refractivity contribution in [3.63, 3.8) is 0 Å². The van der Waals surface area contributed by atoms with E-state index in [-0.39, 0.29) is 30.8 Å². The molecule has 26 heavy (non-hydrogen) atoms. The van der Waals surface area contributed by atoms with E-state index in [1.165, 1.54) is 4.88 Å². The number of carbonyl (C=O) groups excluding carboxylic acids is 1. The van der Waals surface area contributed by atoms with Gasteiger partial charge in [0.05, 0.1) is 12.2 Å². The summed E-state index contributed by atoms with van der Waals surface area (Å²) < 4.78 is 16.7. The molecule has 2 aromatic rings. The standard InChI is InChI=1S/C20H23NO4S/c1-13-10-21(11-14(2)25-13)20(22)9-16(19-4-3-7-26-19)15-5-6-17-18(8-15)24-12-23-17/h3-8,13-14,16H,9-12H2,1-2H3. The summed E-state index contributed by atoms with van der Waals surface area (Å²) in [6.45, 7) is 5.60. The van der Waals surface area contributed by atoms with Gasteiger partial charge >= 0.3 is 0 Å². The lowest BCUT2D eigenvalue weighted by molar-refractivity contribution is -0.143. The molecule has 2 aliphatic heterocycles. The Balaban J connectivity index is 1.57. The van der Waals surface area contributed by atoms with Crippen LogP contribution in [0, 0.1) is 0 Å². The predicted molar refractivity (Wildman–Crippen MR) is 99.9 cm³/mol. The molecule has 0 bridgehead atoms. The normalized spacial score (nSPS) is 23.1. The van der Waals surface area contributed by atoms with Crippen LogP contribution in [0.5, 0.6) is 11.5 Å². The minimum Gasteiger partial charge on any atom is -0.454 e. The molecular formula is C20H23NO4S. The second-order valence-corrected chi connectivity index (χ2v) is 7.92. The average molecular weight is 373 g/mol. The first-order valence-electron chi connectivity index (χ1n) is 8.96. The highest BCUT2D eigenvalue weighted by molar-refractivity contribution is 7.10. The van der Waals surface area contributed by atoms with Crippen molar-refractivity contribution in [2.75, 3.05) is 19.9 Å². The van der Waals surface area contributed by atoms with Crippen molar-refractivity contribution < 1.29 is 19.0 Å². The number of ether oxygens (including phenoxy) is 3. The van der Waals surface area contributed by atoms with Crippen LogP contribution in [0.4, 0.5) is 0 Å². The number of nitrogens with zero attached hydrogens (tertiary/aromatic N) is 1. The number of amides is 1. The van der Waals surface area contributed by atoms with Crippen LogP contribution >= 0.6 is 11.3 Å². The molecule has 2 aliphatic rings. The Labute approximate surface area is 157 Å². The molecular weight excluding hydrogens is 350 g/mol. The topological polar surface area (TPSA) is 48.0 Å².